The summed E-state index contributed by atoms with van der Waals surface area (Å²) in [6.45, 7) is 0. The van der Waals surface area contributed by atoms with E-state index < -0.39 is 11.9 Å². The number of furan rings is 1. The number of carboxylic acid groups (broad SMARTS) is 1. The molecule has 0 spiro atoms. The largest absolute Gasteiger partial charge is 0.478 e. The molecule has 1 aromatic rings. The first-order valence-corrected chi connectivity index (χ1v) is 2.98. The summed E-state index contributed by atoms with van der Waals surface area (Å²) in [5.74, 6) is 2.83. The maximum Gasteiger partial charge on any atom is 0.338 e. The Morgan fingerprint density at radius 1 is 1.58 bits per heavy atom. The van der Waals surface area contributed by atoms with Crippen LogP contribution in [0.2, 0.25) is 0 Å². The van der Waals surface area contributed by atoms with E-state index in [-0.39, 0.29) is 11.3 Å². The summed E-state index contributed by atoms with van der Waals surface area (Å²) in [5.41, 5.74) is 1.72. The van der Waals surface area contributed by atoms with E-state index in [0.29, 0.717) is 0 Å². The molecule has 4 N–H and O–H groups in total. The van der Waals surface area contributed by atoms with E-state index in [0.717, 1.165) is 12.3 Å². The summed E-state index contributed by atoms with van der Waals surface area (Å²) in [4.78, 5) is 21.0. The monoisotopic (exact) mass is 170 g/mol. The van der Waals surface area contributed by atoms with E-state index in [9.17, 15) is 9.59 Å². The molecule has 1 rings (SSSR count). The van der Waals surface area contributed by atoms with Crippen molar-refractivity contribution in [2.24, 2.45) is 5.84 Å². The standard InChI is InChI=1S/C6H6N2O4/c7-8-5(9)4-1-3(2-12-4)6(10)11/h1-2H,7H2,(H,8,9)(H,10,11). The highest BCUT2D eigenvalue weighted by Gasteiger charge is 2.12. The van der Waals surface area contributed by atoms with Crippen LogP contribution in [0.1, 0.15) is 20.9 Å². The van der Waals surface area contributed by atoms with E-state index in [4.69, 9.17) is 10.9 Å². The van der Waals surface area contributed by atoms with Crippen molar-refractivity contribution in [3.8, 4) is 0 Å². The van der Waals surface area contributed by atoms with Gasteiger partial charge in [-0.05, 0) is 0 Å². The fraction of sp³-hybridized carbons (Fsp3) is 0. The molecule has 6 heteroatoms. The van der Waals surface area contributed by atoms with Crippen LogP contribution in [0.25, 0.3) is 0 Å². The number of nitrogens with one attached hydrogen (secondary N) is 1. The number of rotatable bonds is 2. The van der Waals surface area contributed by atoms with Crippen LogP contribution in [-0.2, 0) is 0 Å². The number of nitrogen functional groups attached to an aromatic ring is 1. The summed E-state index contributed by atoms with van der Waals surface area (Å²) < 4.78 is 4.61. The highest BCUT2D eigenvalue weighted by molar-refractivity contribution is 5.95. The van der Waals surface area contributed by atoms with E-state index in [2.05, 4.69) is 4.42 Å². The average molecular weight is 170 g/mol. The Labute approximate surface area is 66.9 Å². The first-order valence-electron chi connectivity index (χ1n) is 2.98. The molecule has 0 atom stereocenters. The lowest BCUT2D eigenvalue weighted by Crippen LogP contribution is -2.29. The van der Waals surface area contributed by atoms with Gasteiger partial charge in [-0.3, -0.25) is 10.2 Å². The Kier molecular flexibility index (Phi) is 2.11. The number of amides is 1. The number of aromatic carboxylic acids is 1. The molecular formula is C6H6N2O4. The maximum absolute atomic E-state index is 10.7. The normalized spacial score (nSPS) is 9.42. The van der Waals surface area contributed by atoms with Gasteiger partial charge in [0.15, 0.2) is 5.76 Å². The Morgan fingerprint density at radius 3 is 2.67 bits per heavy atom. The van der Waals surface area contributed by atoms with Crippen molar-refractivity contribution in [2.75, 3.05) is 0 Å². The van der Waals surface area contributed by atoms with Crippen molar-refractivity contribution in [1.29, 1.82) is 0 Å². The molecule has 1 aromatic heterocycles. The van der Waals surface area contributed by atoms with Crippen LogP contribution < -0.4 is 11.3 Å². The fourth-order valence-corrected chi connectivity index (χ4v) is 0.639. The Morgan fingerprint density at radius 2 is 2.25 bits per heavy atom. The maximum atomic E-state index is 10.7. The summed E-state index contributed by atoms with van der Waals surface area (Å²) in [7, 11) is 0. The molecule has 0 saturated heterocycles. The minimum atomic E-state index is -1.16. The second-order valence-electron chi connectivity index (χ2n) is 1.98. The van der Waals surface area contributed by atoms with E-state index in [1.807, 2.05) is 5.43 Å². The second-order valence-corrected chi connectivity index (χ2v) is 1.98. The number of carboxylic acids is 1. The van der Waals surface area contributed by atoms with Gasteiger partial charge in [0, 0.05) is 6.07 Å². The lowest BCUT2D eigenvalue weighted by molar-refractivity contribution is 0.0696. The van der Waals surface area contributed by atoms with Gasteiger partial charge in [0.1, 0.15) is 6.26 Å². The molecule has 0 bridgehead atoms. The predicted molar refractivity (Wildman–Crippen MR) is 37.3 cm³/mol. The van der Waals surface area contributed by atoms with Crippen molar-refractivity contribution >= 4 is 11.9 Å². The van der Waals surface area contributed by atoms with Crippen LogP contribution >= 0.6 is 0 Å². The van der Waals surface area contributed by atoms with Crippen molar-refractivity contribution in [3.63, 3.8) is 0 Å². The van der Waals surface area contributed by atoms with Gasteiger partial charge in [-0.2, -0.15) is 0 Å². The highest BCUT2D eigenvalue weighted by atomic mass is 16.4. The molecule has 0 radical (unpaired) electrons. The Balaban J connectivity index is 2.91. The molecule has 1 amide bonds. The number of carbonyl (C=O) groups excluding carboxylic acids is 1. The summed E-state index contributed by atoms with van der Waals surface area (Å²) in [6, 6.07) is 1.09. The zero-order valence-electron chi connectivity index (χ0n) is 5.90. The minimum Gasteiger partial charge on any atom is -0.478 e. The van der Waals surface area contributed by atoms with Gasteiger partial charge in [-0.15, -0.1) is 0 Å². The number of hydrogen-bond donors (Lipinski definition) is 3. The zero-order valence-corrected chi connectivity index (χ0v) is 5.90. The van der Waals surface area contributed by atoms with Crippen LogP contribution in [-0.4, -0.2) is 17.0 Å². The summed E-state index contributed by atoms with van der Waals surface area (Å²) in [6.07, 6.45) is 0.965. The van der Waals surface area contributed by atoms with Gasteiger partial charge in [0.05, 0.1) is 5.56 Å². The van der Waals surface area contributed by atoms with Crippen LogP contribution in [0.15, 0.2) is 16.7 Å². The van der Waals surface area contributed by atoms with Crippen molar-refractivity contribution in [2.45, 2.75) is 0 Å². The van der Waals surface area contributed by atoms with Crippen molar-refractivity contribution < 1.29 is 19.1 Å². The molecule has 0 aliphatic heterocycles. The van der Waals surface area contributed by atoms with Crippen molar-refractivity contribution in [1.82, 2.24) is 5.43 Å². The fourth-order valence-electron chi connectivity index (χ4n) is 0.639. The predicted octanol–water partition coefficient (Wildman–Crippen LogP) is -0.419. The van der Waals surface area contributed by atoms with Crippen molar-refractivity contribution in [3.05, 3.63) is 23.7 Å². The molecule has 6 nitrogen and oxygen atoms in total. The molecule has 12 heavy (non-hydrogen) atoms. The van der Waals surface area contributed by atoms with Crippen LogP contribution in [0.5, 0.6) is 0 Å². The van der Waals surface area contributed by atoms with E-state index >= 15 is 0 Å². The molecule has 0 aliphatic carbocycles. The third kappa shape index (κ3) is 1.43. The first-order chi connectivity index (χ1) is 5.65. The first kappa shape index (κ1) is 8.28. The number of hydrazine groups is 1. The quantitative estimate of drug-likeness (QED) is 0.317. The third-order valence-corrected chi connectivity index (χ3v) is 1.20. The van der Waals surface area contributed by atoms with Gasteiger partial charge in [-0.25, -0.2) is 10.6 Å². The molecule has 0 aromatic carbocycles. The lowest BCUT2D eigenvalue weighted by atomic mass is 10.3. The van der Waals surface area contributed by atoms with Gasteiger partial charge in [-0.1, -0.05) is 0 Å². The summed E-state index contributed by atoms with van der Waals surface area (Å²) in [5, 5.41) is 8.43. The molecule has 64 valence electrons. The van der Waals surface area contributed by atoms with Gasteiger partial charge >= 0.3 is 11.9 Å². The summed E-state index contributed by atoms with van der Waals surface area (Å²) >= 11 is 0. The zero-order chi connectivity index (χ0) is 9.14. The average Bonchev–Trinajstić information content (AvgIpc) is 2.51. The lowest BCUT2D eigenvalue weighted by Gasteiger charge is -1.90. The van der Waals surface area contributed by atoms with Gasteiger partial charge < -0.3 is 9.52 Å². The van der Waals surface area contributed by atoms with Gasteiger partial charge in [0.2, 0.25) is 0 Å². The Hall–Kier alpha value is -1.82. The molecular weight excluding hydrogens is 164 g/mol. The van der Waals surface area contributed by atoms with Gasteiger partial charge in [0.25, 0.3) is 0 Å². The van der Waals surface area contributed by atoms with E-state index in [1.54, 1.807) is 0 Å². The van der Waals surface area contributed by atoms with E-state index in [1.165, 1.54) is 0 Å². The minimum absolute atomic E-state index is 0.0893. The third-order valence-electron chi connectivity index (χ3n) is 1.20. The highest BCUT2D eigenvalue weighted by Crippen LogP contribution is 2.06. The number of carbonyl (C=O) groups is 2. The molecule has 0 saturated carbocycles. The molecule has 1 heterocycles. The molecule has 0 fully saturated rings. The van der Waals surface area contributed by atoms with Crippen LogP contribution in [0.3, 0.4) is 0 Å². The Bertz CT molecular complexity index is 317. The molecule has 0 aliphatic rings. The molecule has 0 unspecified atom stereocenters. The van der Waals surface area contributed by atoms with Crippen LogP contribution in [0, 0.1) is 0 Å². The number of nitrogens with two attached hydrogens (primary N) is 1. The number of hydrogen-bond acceptors (Lipinski definition) is 4. The SMILES string of the molecule is NNC(=O)c1cc(C(=O)O)co1. The topological polar surface area (TPSA) is 106 Å². The second kappa shape index (κ2) is 3.05. The smallest absolute Gasteiger partial charge is 0.338 e. The van der Waals surface area contributed by atoms with Crippen LogP contribution in [0.4, 0.5) is 0 Å².